The van der Waals surface area contributed by atoms with Crippen molar-refractivity contribution in [3.63, 3.8) is 0 Å². The lowest BCUT2D eigenvalue weighted by Crippen LogP contribution is -2.29. The fraction of sp³-hybridized carbons (Fsp3) is 0.647. The van der Waals surface area contributed by atoms with Crippen molar-refractivity contribution in [2.75, 3.05) is 19.1 Å². The van der Waals surface area contributed by atoms with E-state index in [1.54, 1.807) is 5.56 Å². The molecule has 2 aliphatic carbocycles. The molecule has 1 fully saturated rings. The molecule has 4 unspecified atom stereocenters. The van der Waals surface area contributed by atoms with E-state index in [-0.39, 0.29) is 0 Å². The molecule has 0 heterocycles. The van der Waals surface area contributed by atoms with Gasteiger partial charge in [-0.25, -0.2) is 8.42 Å². The Bertz CT molecular complexity index is 611. The maximum absolute atomic E-state index is 11.3. The highest BCUT2D eigenvalue weighted by Gasteiger charge is 2.55. The minimum absolute atomic E-state index is 0.309. The molecule has 2 aliphatic rings. The van der Waals surface area contributed by atoms with Crippen LogP contribution in [-0.2, 0) is 16.3 Å². The van der Waals surface area contributed by atoms with Crippen molar-refractivity contribution in [2.45, 2.75) is 37.6 Å². The van der Waals surface area contributed by atoms with Crippen LogP contribution in [0.15, 0.2) is 24.3 Å². The molecule has 21 heavy (non-hydrogen) atoms. The summed E-state index contributed by atoms with van der Waals surface area (Å²) in [6, 6.07) is 9.29. The fourth-order valence-electron chi connectivity index (χ4n) is 4.26. The molecule has 0 aromatic heterocycles. The van der Waals surface area contributed by atoms with Crippen LogP contribution >= 0.6 is 0 Å². The smallest absolute Gasteiger partial charge is 0.147 e. The lowest BCUT2D eigenvalue weighted by atomic mass is 9.92. The van der Waals surface area contributed by atoms with Crippen LogP contribution in [0.1, 0.15) is 36.3 Å². The molecule has 0 amide bonds. The van der Waals surface area contributed by atoms with Gasteiger partial charge in [-0.1, -0.05) is 24.3 Å². The van der Waals surface area contributed by atoms with Crippen LogP contribution in [-0.4, -0.2) is 33.5 Å². The van der Waals surface area contributed by atoms with Gasteiger partial charge in [0.2, 0.25) is 0 Å². The van der Waals surface area contributed by atoms with Gasteiger partial charge in [-0.3, -0.25) is 0 Å². The van der Waals surface area contributed by atoms with Crippen molar-refractivity contribution in [1.29, 1.82) is 0 Å². The molecule has 0 aliphatic heterocycles. The average molecular weight is 307 g/mol. The Morgan fingerprint density at radius 1 is 1.33 bits per heavy atom. The summed E-state index contributed by atoms with van der Waals surface area (Å²) < 4.78 is 22.6. The lowest BCUT2D eigenvalue weighted by molar-refractivity contribution is 0.435. The highest BCUT2D eigenvalue weighted by molar-refractivity contribution is 7.90. The van der Waals surface area contributed by atoms with Gasteiger partial charge in [0.05, 0.1) is 0 Å². The Hall–Kier alpha value is -0.870. The van der Waals surface area contributed by atoms with Crippen LogP contribution in [0, 0.1) is 11.8 Å². The minimum Gasteiger partial charge on any atom is -0.317 e. The highest BCUT2D eigenvalue weighted by atomic mass is 32.2. The van der Waals surface area contributed by atoms with Crippen LogP contribution in [0.4, 0.5) is 0 Å². The third-order valence-corrected chi connectivity index (χ3v) is 6.29. The zero-order valence-corrected chi connectivity index (χ0v) is 13.7. The molecule has 0 bridgehead atoms. The molecular weight excluding hydrogens is 282 g/mol. The van der Waals surface area contributed by atoms with Gasteiger partial charge in [0.1, 0.15) is 9.84 Å². The highest BCUT2D eigenvalue weighted by Crippen LogP contribution is 2.61. The number of hydrogen-bond donors (Lipinski definition) is 1. The summed E-state index contributed by atoms with van der Waals surface area (Å²) >= 11 is 0. The molecule has 1 saturated carbocycles. The SMILES string of the molecule is CNC(CCCS(C)(=O)=O)C1C2CCc3ccccc3C21. The number of rotatable bonds is 6. The number of benzene rings is 1. The maximum atomic E-state index is 11.3. The first-order valence-corrected chi connectivity index (χ1v) is 10.00. The van der Waals surface area contributed by atoms with E-state index in [1.165, 1.54) is 24.7 Å². The van der Waals surface area contributed by atoms with Crippen molar-refractivity contribution < 1.29 is 8.42 Å². The first kappa shape index (κ1) is 15.0. The summed E-state index contributed by atoms with van der Waals surface area (Å²) in [4.78, 5) is 0. The molecule has 3 rings (SSSR count). The standard InChI is InChI=1S/C17H25NO2S/c1-18-15(8-5-11-21(2,19)20)17-14-10-9-12-6-3-4-7-13(12)16(14)17/h3-4,6-7,14-18H,5,8-11H2,1-2H3. The Balaban J connectivity index is 1.65. The predicted octanol–water partition coefficient (Wildman–Crippen LogP) is 2.38. The second-order valence-corrected chi connectivity index (χ2v) is 8.93. The number of aryl methyl sites for hydroxylation is 1. The molecule has 0 saturated heterocycles. The van der Waals surface area contributed by atoms with Crippen LogP contribution in [0.3, 0.4) is 0 Å². The normalized spacial score (nSPS) is 28.6. The van der Waals surface area contributed by atoms with E-state index >= 15 is 0 Å². The summed E-state index contributed by atoms with van der Waals surface area (Å²) in [6.45, 7) is 0. The molecule has 1 N–H and O–H groups in total. The second kappa shape index (κ2) is 5.73. The van der Waals surface area contributed by atoms with E-state index in [9.17, 15) is 8.42 Å². The van der Waals surface area contributed by atoms with Gasteiger partial charge in [0, 0.05) is 18.1 Å². The predicted molar refractivity (Wildman–Crippen MR) is 86.3 cm³/mol. The molecule has 3 nitrogen and oxygen atoms in total. The third kappa shape index (κ3) is 3.16. The van der Waals surface area contributed by atoms with E-state index in [4.69, 9.17) is 0 Å². The van der Waals surface area contributed by atoms with Crippen molar-refractivity contribution >= 4 is 9.84 Å². The minimum atomic E-state index is -2.84. The average Bonchev–Trinajstić information content (AvgIpc) is 3.17. The van der Waals surface area contributed by atoms with E-state index in [1.807, 2.05) is 7.05 Å². The number of nitrogens with one attached hydrogen (secondary N) is 1. The van der Waals surface area contributed by atoms with Crippen molar-refractivity contribution in [3.8, 4) is 0 Å². The zero-order chi connectivity index (χ0) is 15.0. The van der Waals surface area contributed by atoms with Gasteiger partial charge in [-0.05, 0) is 61.6 Å². The summed E-state index contributed by atoms with van der Waals surface area (Å²) in [5, 5.41) is 3.44. The Morgan fingerprint density at radius 3 is 2.81 bits per heavy atom. The van der Waals surface area contributed by atoms with E-state index < -0.39 is 9.84 Å². The van der Waals surface area contributed by atoms with Crippen molar-refractivity contribution in [1.82, 2.24) is 5.32 Å². The topological polar surface area (TPSA) is 46.2 Å². The third-order valence-electron chi connectivity index (χ3n) is 5.26. The van der Waals surface area contributed by atoms with Crippen LogP contribution < -0.4 is 5.32 Å². The fourth-order valence-corrected chi connectivity index (χ4v) is 4.95. The lowest BCUT2D eigenvalue weighted by Gasteiger charge is -2.16. The van der Waals surface area contributed by atoms with Gasteiger partial charge >= 0.3 is 0 Å². The number of hydrogen-bond acceptors (Lipinski definition) is 3. The van der Waals surface area contributed by atoms with E-state index in [2.05, 4.69) is 29.6 Å². The summed E-state index contributed by atoms with van der Waals surface area (Å²) in [5.74, 6) is 2.50. The first-order valence-electron chi connectivity index (χ1n) is 7.94. The van der Waals surface area contributed by atoms with Crippen LogP contribution in [0.2, 0.25) is 0 Å². The van der Waals surface area contributed by atoms with Gasteiger partial charge in [-0.15, -0.1) is 0 Å². The molecule has 4 heteroatoms. The van der Waals surface area contributed by atoms with E-state index in [0.717, 1.165) is 18.8 Å². The Kier molecular flexibility index (Phi) is 4.10. The van der Waals surface area contributed by atoms with Crippen LogP contribution in [0.25, 0.3) is 0 Å². The van der Waals surface area contributed by atoms with Gasteiger partial charge in [0.15, 0.2) is 0 Å². The maximum Gasteiger partial charge on any atom is 0.147 e. The van der Waals surface area contributed by atoms with Crippen molar-refractivity contribution in [3.05, 3.63) is 35.4 Å². The Labute approximate surface area is 128 Å². The largest absolute Gasteiger partial charge is 0.317 e. The summed E-state index contributed by atoms with van der Waals surface area (Å²) in [7, 11) is -0.820. The van der Waals surface area contributed by atoms with Gasteiger partial charge < -0.3 is 5.32 Å². The summed E-state index contributed by atoms with van der Waals surface area (Å²) in [5.41, 5.74) is 3.06. The molecule has 1 aromatic carbocycles. The summed E-state index contributed by atoms with van der Waals surface area (Å²) in [6.07, 6.45) is 5.55. The van der Waals surface area contributed by atoms with Crippen molar-refractivity contribution in [2.24, 2.45) is 11.8 Å². The molecule has 0 radical (unpaired) electrons. The first-order chi connectivity index (χ1) is 10.0. The second-order valence-electron chi connectivity index (χ2n) is 6.67. The monoisotopic (exact) mass is 307 g/mol. The number of fused-ring (bicyclic) bond motifs is 3. The van der Waals surface area contributed by atoms with Gasteiger partial charge in [-0.2, -0.15) is 0 Å². The molecule has 1 aromatic rings. The Morgan fingerprint density at radius 2 is 2.10 bits per heavy atom. The van der Waals surface area contributed by atoms with Crippen LogP contribution in [0.5, 0.6) is 0 Å². The molecule has 116 valence electrons. The molecule has 4 atom stereocenters. The van der Waals surface area contributed by atoms with Gasteiger partial charge in [0.25, 0.3) is 0 Å². The zero-order valence-electron chi connectivity index (χ0n) is 12.9. The molecular formula is C17H25NO2S. The quantitative estimate of drug-likeness (QED) is 0.877. The molecule has 0 spiro atoms. The number of sulfone groups is 1. The van der Waals surface area contributed by atoms with E-state index in [0.29, 0.717) is 23.6 Å².